The largest absolute Gasteiger partial charge is 0.361 e. The summed E-state index contributed by atoms with van der Waals surface area (Å²) in [6.07, 6.45) is 2.97. The summed E-state index contributed by atoms with van der Waals surface area (Å²) >= 11 is 0. The number of rotatable bonds is 7. The van der Waals surface area contributed by atoms with Crippen molar-refractivity contribution in [3.05, 3.63) is 70.9 Å². The number of carbonyl (C=O) groups excluding carboxylic acids is 1. The first kappa shape index (κ1) is 20.5. The van der Waals surface area contributed by atoms with Crippen LogP contribution in [-0.2, 0) is 6.42 Å². The molecule has 6 heteroatoms. The number of amides is 1. The van der Waals surface area contributed by atoms with E-state index in [1.54, 1.807) is 7.05 Å². The molecule has 0 fully saturated rings. The lowest BCUT2D eigenvalue weighted by molar-refractivity contribution is 0.0954. The molecule has 1 heterocycles. The summed E-state index contributed by atoms with van der Waals surface area (Å²) in [5.74, 6) is 0.665. The molecule has 3 rings (SSSR count). The molecule has 1 aromatic heterocycles. The van der Waals surface area contributed by atoms with Crippen molar-refractivity contribution in [2.45, 2.75) is 20.3 Å². The molecule has 2 aromatic carbocycles. The molecule has 3 aromatic rings. The number of hydrogen-bond donors (Lipinski definition) is 4. The van der Waals surface area contributed by atoms with Crippen LogP contribution in [0.15, 0.2) is 53.7 Å². The molecule has 0 saturated carbocycles. The fraction of sp³-hybridized carbons (Fsp3) is 0.304. The summed E-state index contributed by atoms with van der Waals surface area (Å²) in [6.45, 7) is 5.97. The molecule has 0 spiro atoms. The minimum absolute atomic E-state index is 0.0620. The minimum atomic E-state index is -0.0620. The fourth-order valence-corrected chi connectivity index (χ4v) is 3.29. The molecule has 152 valence electrons. The second kappa shape index (κ2) is 9.78. The van der Waals surface area contributed by atoms with Crippen molar-refractivity contribution in [2.24, 2.45) is 4.99 Å². The van der Waals surface area contributed by atoms with Gasteiger partial charge in [-0.3, -0.25) is 9.79 Å². The van der Waals surface area contributed by atoms with Gasteiger partial charge in [0.05, 0.1) is 0 Å². The van der Waals surface area contributed by atoms with Crippen LogP contribution in [-0.4, -0.2) is 43.5 Å². The highest BCUT2D eigenvalue weighted by Crippen LogP contribution is 2.19. The van der Waals surface area contributed by atoms with Gasteiger partial charge in [0.1, 0.15) is 0 Å². The van der Waals surface area contributed by atoms with Gasteiger partial charge in [0.25, 0.3) is 5.91 Å². The molecule has 4 N–H and O–H groups in total. The molecule has 0 unspecified atom stereocenters. The Kier molecular flexibility index (Phi) is 6.89. The number of aryl methyl sites for hydroxylation is 2. The van der Waals surface area contributed by atoms with E-state index >= 15 is 0 Å². The number of H-pyrrole nitrogens is 1. The zero-order valence-electron chi connectivity index (χ0n) is 17.3. The number of fused-ring (bicyclic) bond motifs is 1. The molecule has 0 atom stereocenters. The molecule has 0 aliphatic heterocycles. The number of hydrogen-bond acceptors (Lipinski definition) is 2. The number of aliphatic imine (C=N–C) groups is 1. The van der Waals surface area contributed by atoms with E-state index in [2.05, 4.69) is 57.2 Å². The molecular weight excluding hydrogens is 362 g/mol. The molecular formula is C23H29N5O. The van der Waals surface area contributed by atoms with Crippen LogP contribution in [0.4, 0.5) is 0 Å². The number of benzene rings is 2. The number of guanidine groups is 1. The average molecular weight is 392 g/mol. The van der Waals surface area contributed by atoms with E-state index in [1.807, 2.05) is 31.2 Å². The molecule has 0 saturated heterocycles. The second-order valence-corrected chi connectivity index (χ2v) is 7.16. The van der Waals surface area contributed by atoms with Gasteiger partial charge in [-0.25, -0.2) is 0 Å². The van der Waals surface area contributed by atoms with Gasteiger partial charge in [0, 0.05) is 49.3 Å². The van der Waals surface area contributed by atoms with Crippen LogP contribution >= 0.6 is 0 Å². The molecule has 6 nitrogen and oxygen atoms in total. The van der Waals surface area contributed by atoms with E-state index in [-0.39, 0.29) is 5.91 Å². The topological polar surface area (TPSA) is 81.3 Å². The van der Waals surface area contributed by atoms with Crippen LogP contribution in [0.5, 0.6) is 0 Å². The van der Waals surface area contributed by atoms with Gasteiger partial charge in [-0.05, 0) is 49.6 Å². The zero-order valence-corrected chi connectivity index (χ0v) is 17.3. The summed E-state index contributed by atoms with van der Waals surface area (Å²) in [7, 11) is 1.75. The van der Waals surface area contributed by atoms with Gasteiger partial charge < -0.3 is 20.9 Å². The number of nitrogens with one attached hydrogen (secondary N) is 4. The Morgan fingerprint density at radius 1 is 0.966 bits per heavy atom. The van der Waals surface area contributed by atoms with Crippen LogP contribution in [0.25, 0.3) is 10.9 Å². The number of aromatic nitrogens is 1. The first-order valence-electron chi connectivity index (χ1n) is 9.93. The van der Waals surface area contributed by atoms with E-state index in [4.69, 9.17) is 0 Å². The predicted octanol–water partition coefficient (Wildman–Crippen LogP) is 2.92. The SMILES string of the molecule is CN=C(NCCNC(=O)c1cccc(C)c1)NCCc1c[nH]c2cc(C)ccc12. The molecule has 0 radical (unpaired) electrons. The standard InChI is InChI=1S/C23H29N5O/c1-16-5-4-6-18(13-16)22(29)25-11-12-27-23(24-3)26-10-9-19-15-28-21-14-17(2)7-8-20(19)21/h4-8,13-15,28H,9-12H2,1-3H3,(H,25,29)(H2,24,26,27). The van der Waals surface area contributed by atoms with Crippen molar-refractivity contribution >= 4 is 22.8 Å². The highest BCUT2D eigenvalue weighted by Gasteiger charge is 2.06. The number of carbonyl (C=O) groups is 1. The highest BCUT2D eigenvalue weighted by atomic mass is 16.1. The lowest BCUT2D eigenvalue weighted by Crippen LogP contribution is -2.42. The Morgan fingerprint density at radius 2 is 1.72 bits per heavy atom. The van der Waals surface area contributed by atoms with Gasteiger partial charge in [-0.15, -0.1) is 0 Å². The third kappa shape index (κ3) is 5.60. The Balaban J connectivity index is 1.40. The van der Waals surface area contributed by atoms with Gasteiger partial charge in [0.2, 0.25) is 0 Å². The van der Waals surface area contributed by atoms with E-state index in [1.165, 1.54) is 22.0 Å². The maximum atomic E-state index is 12.2. The average Bonchev–Trinajstić information content (AvgIpc) is 3.11. The summed E-state index contributed by atoms with van der Waals surface area (Å²) in [6, 6.07) is 14.0. The Labute approximate surface area is 171 Å². The summed E-state index contributed by atoms with van der Waals surface area (Å²) < 4.78 is 0. The quantitative estimate of drug-likeness (QED) is 0.284. The number of nitrogens with zero attached hydrogens (tertiary/aromatic N) is 1. The van der Waals surface area contributed by atoms with Gasteiger partial charge >= 0.3 is 0 Å². The van der Waals surface area contributed by atoms with E-state index < -0.39 is 0 Å². The third-order valence-electron chi connectivity index (χ3n) is 4.82. The lowest BCUT2D eigenvalue weighted by Gasteiger charge is -2.12. The smallest absolute Gasteiger partial charge is 0.251 e. The van der Waals surface area contributed by atoms with Crippen molar-refractivity contribution in [1.82, 2.24) is 20.9 Å². The van der Waals surface area contributed by atoms with Crippen molar-refractivity contribution in [2.75, 3.05) is 26.7 Å². The second-order valence-electron chi connectivity index (χ2n) is 7.16. The molecule has 0 aliphatic carbocycles. The zero-order chi connectivity index (χ0) is 20.6. The van der Waals surface area contributed by atoms with Gasteiger partial charge in [-0.1, -0.05) is 29.8 Å². The van der Waals surface area contributed by atoms with Gasteiger partial charge in [0.15, 0.2) is 5.96 Å². The summed E-state index contributed by atoms with van der Waals surface area (Å²) in [4.78, 5) is 19.7. The molecule has 0 aliphatic rings. The maximum absolute atomic E-state index is 12.2. The molecule has 1 amide bonds. The van der Waals surface area contributed by atoms with Crippen molar-refractivity contribution in [1.29, 1.82) is 0 Å². The van der Waals surface area contributed by atoms with Crippen LogP contribution in [0.1, 0.15) is 27.0 Å². The van der Waals surface area contributed by atoms with Crippen molar-refractivity contribution in [3.63, 3.8) is 0 Å². The van der Waals surface area contributed by atoms with E-state index in [0.29, 0.717) is 18.7 Å². The van der Waals surface area contributed by atoms with Crippen LogP contribution in [0.2, 0.25) is 0 Å². The van der Waals surface area contributed by atoms with Crippen LogP contribution in [0.3, 0.4) is 0 Å². The molecule has 0 bridgehead atoms. The normalized spacial score (nSPS) is 11.5. The van der Waals surface area contributed by atoms with Crippen molar-refractivity contribution < 1.29 is 4.79 Å². The predicted molar refractivity (Wildman–Crippen MR) is 120 cm³/mol. The monoisotopic (exact) mass is 391 g/mol. The fourth-order valence-electron chi connectivity index (χ4n) is 3.29. The third-order valence-corrected chi connectivity index (χ3v) is 4.82. The van der Waals surface area contributed by atoms with Gasteiger partial charge in [-0.2, -0.15) is 0 Å². The highest BCUT2D eigenvalue weighted by molar-refractivity contribution is 5.94. The maximum Gasteiger partial charge on any atom is 0.251 e. The summed E-state index contributed by atoms with van der Waals surface area (Å²) in [5.41, 5.74) is 5.47. The Hall–Kier alpha value is -3.28. The summed E-state index contributed by atoms with van der Waals surface area (Å²) in [5, 5.41) is 10.7. The van der Waals surface area contributed by atoms with E-state index in [0.717, 1.165) is 24.5 Å². The minimum Gasteiger partial charge on any atom is -0.361 e. The van der Waals surface area contributed by atoms with Crippen LogP contribution in [0, 0.1) is 13.8 Å². The molecule has 29 heavy (non-hydrogen) atoms. The van der Waals surface area contributed by atoms with Crippen molar-refractivity contribution in [3.8, 4) is 0 Å². The first-order valence-corrected chi connectivity index (χ1v) is 9.93. The lowest BCUT2D eigenvalue weighted by atomic mass is 10.1. The Bertz CT molecular complexity index is 1010. The van der Waals surface area contributed by atoms with E-state index in [9.17, 15) is 4.79 Å². The van der Waals surface area contributed by atoms with Crippen LogP contribution < -0.4 is 16.0 Å². The Morgan fingerprint density at radius 3 is 2.52 bits per heavy atom. The number of aromatic amines is 1. The first-order chi connectivity index (χ1) is 14.1.